The van der Waals surface area contributed by atoms with Gasteiger partial charge >= 0.3 is 0 Å². The van der Waals surface area contributed by atoms with Gasteiger partial charge in [0, 0.05) is 32.9 Å². The van der Waals surface area contributed by atoms with E-state index in [0.717, 1.165) is 41.6 Å². The second-order valence-corrected chi connectivity index (χ2v) is 5.45. The summed E-state index contributed by atoms with van der Waals surface area (Å²) in [5, 5.41) is 8.67. The van der Waals surface area contributed by atoms with Crippen molar-refractivity contribution in [2.45, 2.75) is 32.7 Å². The van der Waals surface area contributed by atoms with Gasteiger partial charge in [0.2, 0.25) is 0 Å². The lowest BCUT2D eigenvalue weighted by molar-refractivity contribution is 0.478. The molecule has 0 radical (unpaired) electrons. The summed E-state index contributed by atoms with van der Waals surface area (Å²) in [6.45, 7) is 5.04. The first kappa shape index (κ1) is 15.1. The molecule has 0 saturated carbocycles. The van der Waals surface area contributed by atoms with E-state index in [1.807, 2.05) is 42.7 Å². The summed E-state index contributed by atoms with van der Waals surface area (Å²) >= 11 is 6.36. The van der Waals surface area contributed by atoms with Crippen LogP contribution in [0.5, 0.6) is 0 Å². The van der Waals surface area contributed by atoms with Crippen LogP contribution in [0.4, 0.5) is 0 Å². The van der Waals surface area contributed by atoms with E-state index in [2.05, 4.69) is 22.3 Å². The smallest absolute Gasteiger partial charge is 0.125 e. The van der Waals surface area contributed by atoms with E-state index >= 15 is 0 Å². The molecule has 0 spiro atoms. The van der Waals surface area contributed by atoms with Crippen LogP contribution in [0.25, 0.3) is 0 Å². The second-order valence-electron chi connectivity index (χ2n) is 5.08. The predicted octanol–water partition coefficient (Wildman–Crippen LogP) is 2.40. The molecule has 0 aromatic carbocycles. The quantitative estimate of drug-likeness (QED) is 0.890. The largest absolute Gasteiger partial charge is 0.337 e. The Bertz CT molecular complexity index is 572. The Kier molecular flexibility index (Phi) is 4.83. The van der Waals surface area contributed by atoms with Crippen molar-refractivity contribution in [1.82, 2.24) is 24.6 Å². The van der Waals surface area contributed by atoms with Gasteiger partial charge in [0.1, 0.15) is 5.82 Å². The molecular weight excluding hydrogens is 274 g/mol. The minimum atomic E-state index is 0.141. The first-order chi connectivity index (χ1) is 9.54. The molecule has 0 aliphatic carbocycles. The normalized spacial score (nSPS) is 12.8. The first-order valence-corrected chi connectivity index (χ1v) is 7.31. The molecule has 2 rings (SSSR count). The van der Waals surface area contributed by atoms with Crippen molar-refractivity contribution in [1.29, 1.82) is 0 Å². The molecule has 0 fully saturated rings. The number of halogens is 1. The van der Waals surface area contributed by atoms with Crippen LogP contribution in [0.2, 0.25) is 5.02 Å². The summed E-state index contributed by atoms with van der Waals surface area (Å²) in [6.07, 6.45) is 5.65. The average Bonchev–Trinajstić information content (AvgIpc) is 2.93. The monoisotopic (exact) mass is 295 g/mol. The van der Waals surface area contributed by atoms with E-state index in [9.17, 15) is 0 Å². The SMILES string of the molecule is CCCNC(Cc1c(Cl)c(C)nn1C)c1nccn1C. The van der Waals surface area contributed by atoms with Gasteiger partial charge in [-0.2, -0.15) is 5.10 Å². The summed E-state index contributed by atoms with van der Waals surface area (Å²) < 4.78 is 3.91. The van der Waals surface area contributed by atoms with E-state index in [0.29, 0.717) is 0 Å². The van der Waals surface area contributed by atoms with Crippen molar-refractivity contribution in [3.63, 3.8) is 0 Å². The Morgan fingerprint density at radius 3 is 2.65 bits per heavy atom. The lowest BCUT2D eigenvalue weighted by atomic mass is 10.1. The molecule has 110 valence electrons. The van der Waals surface area contributed by atoms with Gasteiger partial charge in [-0.25, -0.2) is 4.98 Å². The average molecular weight is 296 g/mol. The molecule has 0 aliphatic rings. The molecule has 1 N–H and O–H groups in total. The number of rotatable bonds is 6. The van der Waals surface area contributed by atoms with E-state index in [4.69, 9.17) is 11.6 Å². The maximum Gasteiger partial charge on any atom is 0.125 e. The van der Waals surface area contributed by atoms with Crippen molar-refractivity contribution in [3.05, 3.63) is 34.6 Å². The van der Waals surface area contributed by atoms with Crippen LogP contribution in [0.3, 0.4) is 0 Å². The second kappa shape index (κ2) is 6.41. The summed E-state index contributed by atoms with van der Waals surface area (Å²) in [7, 11) is 3.95. The zero-order chi connectivity index (χ0) is 14.7. The van der Waals surface area contributed by atoms with Crippen LogP contribution in [0.15, 0.2) is 12.4 Å². The van der Waals surface area contributed by atoms with Gasteiger partial charge < -0.3 is 9.88 Å². The maximum absolute atomic E-state index is 6.36. The Hall–Kier alpha value is -1.33. The van der Waals surface area contributed by atoms with Crippen molar-refractivity contribution < 1.29 is 0 Å². The van der Waals surface area contributed by atoms with Gasteiger partial charge in [0.25, 0.3) is 0 Å². The van der Waals surface area contributed by atoms with Crippen LogP contribution in [0.1, 0.15) is 36.6 Å². The highest BCUT2D eigenvalue weighted by Crippen LogP contribution is 2.24. The molecule has 2 heterocycles. The van der Waals surface area contributed by atoms with E-state index in [1.54, 1.807) is 0 Å². The van der Waals surface area contributed by atoms with Crippen LogP contribution in [0, 0.1) is 6.92 Å². The van der Waals surface area contributed by atoms with E-state index < -0.39 is 0 Å². The third-order valence-corrected chi connectivity index (χ3v) is 3.96. The van der Waals surface area contributed by atoms with Crippen molar-refractivity contribution in [2.75, 3.05) is 6.54 Å². The molecule has 1 unspecified atom stereocenters. The number of nitrogens with zero attached hydrogens (tertiary/aromatic N) is 4. The highest BCUT2D eigenvalue weighted by Gasteiger charge is 2.20. The summed E-state index contributed by atoms with van der Waals surface area (Å²) in [5.41, 5.74) is 1.92. The van der Waals surface area contributed by atoms with Crippen LogP contribution in [-0.4, -0.2) is 25.9 Å². The highest BCUT2D eigenvalue weighted by molar-refractivity contribution is 6.31. The predicted molar refractivity (Wildman–Crippen MR) is 80.9 cm³/mol. The molecule has 0 amide bonds. The lowest BCUT2D eigenvalue weighted by Gasteiger charge is -2.18. The van der Waals surface area contributed by atoms with Gasteiger partial charge in [-0.3, -0.25) is 4.68 Å². The van der Waals surface area contributed by atoms with E-state index in [1.165, 1.54) is 0 Å². The Morgan fingerprint density at radius 1 is 1.40 bits per heavy atom. The minimum absolute atomic E-state index is 0.141. The van der Waals surface area contributed by atoms with Gasteiger partial charge in [-0.1, -0.05) is 18.5 Å². The molecule has 2 aromatic rings. The molecular formula is C14H22ClN5. The zero-order valence-corrected chi connectivity index (χ0v) is 13.3. The number of hydrogen-bond donors (Lipinski definition) is 1. The van der Waals surface area contributed by atoms with Crippen LogP contribution < -0.4 is 5.32 Å². The minimum Gasteiger partial charge on any atom is -0.337 e. The van der Waals surface area contributed by atoms with Crippen molar-refractivity contribution in [3.8, 4) is 0 Å². The Balaban J connectivity index is 2.26. The fraction of sp³-hybridized carbons (Fsp3) is 0.571. The molecule has 1 atom stereocenters. The molecule has 0 aliphatic heterocycles. The van der Waals surface area contributed by atoms with Crippen molar-refractivity contribution >= 4 is 11.6 Å². The van der Waals surface area contributed by atoms with E-state index in [-0.39, 0.29) is 6.04 Å². The molecule has 5 nitrogen and oxygen atoms in total. The summed E-state index contributed by atoms with van der Waals surface area (Å²) in [6, 6.07) is 0.141. The lowest BCUT2D eigenvalue weighted by Crippen LogP contribution is -2.27. The van der Waals surface area contributed by atoms with Gasteiger partial charge in [-0.05, 0) is 19.9 Å². The number of nitrogens with one attached hydrogen (secondary N) is 1. The third kappa shape index (κ3) is 3.04. The zero-order valence-electron chi connectivity index (χ0n) is 12.5. The molecule has 20 heavy (non-hydrogen) atoms. The fourth-order valence-corrected chi connectivity index (χ4v) is 2.62. The van der Waals surface area contributed by atoms with Crippen LogP contribution >= 0.6 is 11.6 Å². The Morgan fingerprint density at radius 2 is 2.15 bits per heavy atom. The van der Waals surface area contributed by atoms with Gasteiger partial charge in [0.05, 0.1) is 22.5 Å². The Labute approximate surface area is 125 Å². The number of aryl methyl sites for hydroxylation is 3. The third-order valence-electron chi connectivity index (χ3n) is 3.47. The molecule has 2 aromatic heterocycles. The summed E-state index contributed by atoms with van der Waals surface area (Å²) in [5.74, 6) is 1.02. The molecule has 6 heteroatoms. The first-order valence-electron chi connectivity index (χ1n) is 6.93. The molecule has 0 saturated heterocycles. The maximum atomic E-state index is 6.36. The standard InChI is InChI=1S/C14H22ClN5/c1-5-6-16-11(14-17-7-8-19(14)3)9-12-13(15)10(2)18-20(12)4/h7-8,11,16H,5-6,9H2,1-4H3. The van der Waals surface area contributed by atoms with Gasteiger partial charge in [-0.15, -0.1) is 0 Å². The van der Waals surface area contributed by atoms with Crippen LogP contribution in [-0.2, 0) is 20.5 Å². The number of hydrogen-bond acceptors (Lipinski definition) is 3. The summed E-state index contributed by atoms with van der Waals surface area (Å²) in [4.78, 5) is 4.46. The number of imidazole rings is 1. The number of aromatic nitrogens is 4. The topological polar surface area (TPSA) is 47.7 Å². The van der Waals surface area contributed by atoms with Gasteiger partial charge in [0.15, 0.2) is 0 Å². The van der Waals surface area contributed by atoms with Crippen molar-refractivity contribution in [2.24, 2.45) is 14.1 Å². The molecule has 0 bridgehead atoms. The highest BCUT2D eigenvalue weighted by atomic mass is 35.5. The fourth-order valence-electron chi connectivity index (χ4n) is 2.38.